The van der Waals surface area contributed by atoms with E-state index in [0.717, 1.165) is 19.4 Å². The normalized spacial score (nSPS) is 14.3. The van der Waals surface area contributed by atoms with Gasteiger partial charge in [-0.25, -0.2) is 0 Å². The van der Waals surface area contributed by atoms with Gasteiger partial charge < -0.3 is 9.80 Å². The Labute approximate surface area is 848 Å². The largest absolute Gasteiger partial charge is 0.340 e. The molecule has 145 heavy (non-hydrogen) atoms. The average Bonchev–Trinajstić information content (AvgIpc) is 0.960. The number of para-hydroxylation sites is 3. The maximum absolute atomic E-state index is 4.65. The van der Waals surface area contributed by atoms with Gasteiger partial charge in [-0.05, 0) is 295 Å². The van der Waals surface area contributed by atoms with Gasteiger partial charge in [-0.1, -0.05) is 444 Å². The molecule has 5 aliphatic rings. The topological polar surface area (TPSA) is 19.4 Å². The molecule has 0 spiro atoms. The fourth-order valence-corrected chi connectivity index (χ4v) is 26.1. The minimum atomic E-state index is -0.134. The van der Waals surface area contributed by atoms with Gasteiger partial charge in [0.25, 0.3) is 0 Å². The van der Waals surface area contributed by atoms with E-state index in [4.69, 9.17) is 0 Å². The van der Waals surface area contributed by atoms with Crippen molar-refractivity contribution in [1.82, 2.24) is 4.98 Å². The van der Waals surface area contributed by atoms with Crippen LogP contribution in [0.25, 0.3) is 197 Å². The molecule has 0 saturated carbocycles. The maximum Gasteiger partial charge on any atom is 0.0619 e. The van der Waals surface area contributed by atoms with Crippen LogP contribution in [0.2, 0.25) is 0 Å². The van der Waals surface area contributed by atoms with Crippen molar-refractivity contribution in [3.8, 4) is 111 Å². The number of pyridine rings is 1. The molecule has 3 nitrogen and oxygen atoms in total. The Balaban J connectivity index is 0.000000108. The monoisotopic (exact) mass is 1850 g/mol. The van der Waals surface area contributed by atoms with Crippen LogP contribution in [0.3, 0.4) is 0 Å². The van der Waals surface area contributed by atoms with E-state index >= 15 is 0 Å². The van der Waals surface area contributed by atoms with Crippen LogP contribution < -0.4 is 9.80 Å². The van der Waals surface area contributed by atoms with E-state index in [1.54, 1.807) is 0 Å². The van der Waals surface area contributed by atoms with Gasteiger partial charge in [-0.15, -0.1) is 0 Å². The van der Waals surface area contributed by atoms with Crippen molar-refractivity contribution in [2.45, 2.75) is 89.9 Å². The van der Waals surface area contributed by atoms with E-state index in [1.807, 2.05) is 12.4 Å². The lowest BCUT2D eigenvalue weighted by molar-refractivity contribution is 0.632. The second-order valence-electron chi connectivity index (χ2n) is 42.5. The molecule has 3 heterocycles. The number of nitrogens with zero attached hydrogens (tertiary/aromatic N) is 3. The van der Waals surface area contributed by atoms with Crippen molar-refractivity contribution in [2.75, 3.05) is 16.3 Å². The minimum absolute atomic E-state index is 0.0554. The fourth-order valence-electron chi connectivity index (χ4n) is 26.1. The van der Waals surface area contributed by atoms with E-state index in [2.05, 4.69) is 525 Å². The molecule has 24 aromatic rings. The van der Waals surface area contributed by atoms with Crippen molar-refractivity contribution in [3.05, 3.63) is 517 Å². The molecule has 0 fully saturated rings. The van der Waals surface area contributed by atoms with Gasteiger partial charge in [-0.3, -0.25) is 4.98 Å². The molecule has 1 aromatic heterocycles. The standard InChI is InChI=1S/C50H39N.C48H33N.C44H35N/c1-49(2)41-21-11-10-18-35(41)36-28-27-34(31-44(36)49)47-37-19-8-9-20-38(37)48(39-29-26-33(30-40(39)47)32-16-6-5-7-17-32)51-45-24-14-12-22-42(45)50(3,4)43-23-13-15-25-46(43)51;1-48(2)43-19-11-10-16-36(43)37-22-21-34(28-44(37)48)45-38-17-8-9-18-39(38)47(40-23-20-31(27-41(40)45)30-12-4-3-5-13-30)46-35-15-7-6-14-32(35)26-33-24-25-49-29-42(33)46;1-44(2)39-20-10-9-17-33(39)34-24-23-32(28-40(34)44)42-35-18-7-8-19-36(35)43(45-26-12-16-30-15-6-11-21-41(30)45)37-25-22-31(27-38(37)42)29-13-4-3-5-14-29/h5-31H,1-4H3;3-29H,1-2H3;3-11,13-15,17-25,27-28H,12,16,26H2,1-2H3. The summed E-state index contributed by atoms with van der Waals surface area (Å²) in [5, 5.41) is 20.1. The number of hydrogen-bond donors (Lipinski definition) is 0. The summed E-state index contributed by atoms with van der Waals surface area (Å²) < 4.78 is 0. The number of rotatable bonds is 9. The summed E-state index contributed by atoms with van der Waals surface area (Å²) in [4.78, 5) is 9.79. The van der Waals surface area contributed by atoms with Crippen molar-refractivity contribution < 1.29 is 0 Å². The van der Waals surface area contributed by atoms with E-state index in [-0.39, 0.29) is 21.7 Å². The highest BCUT2D eigenvalue weighted by Gasteiger charge is 2.42. The smallest absolute Gasteiger partial charge is 0.0619 e. The zero-order chi connectivity index (χ0) is 97.3. The van der Waals surface area contributed by atoms with Crippen LogP contribution in [0.4, 0.5) is 28.4 Å². The van der Waals surface area contributed by atoms with Crippen LogP contribution in [-0.4, -0.2) is 11.5 Å². The molecule has 0 radical (unpaired) electrons. The molecule has 0 bridgehead atoms. The summed E-state index contributed by atoms with van der Waals surface area (Å²) in [6.45, 7) is 20.0. The highest BCUT2D eigenvalue weighted by molar-refractivity contribution is 6.29. The number of aryl methyl sites for hydroxylation is 1. The Morgan fingerprint density at radius 1 is 0.200 bits per heavy atom. The quantitative estimate of drug-likeness (QED) is 0.134. The molecule has 0 amide bonds. The first kappa shape index (κ1) is 87.0. The molecule has 23 aromatic carbocycles. The van der Waals surface area contributed by atoms with Crippen LogP contribution in [-0.2, 0) is 28.1 Å². The number of hydrogen-bond acceptors (Lipinski definition) is 3. The first-order valence-corrected chi connectivity index (χ1v) is 51.5. The Morgan fingerprint density at radius 2 is 0.510 bits per heavy atom. The summed E-state index contributed by atoms with van der Waals surface area (Å²) in [5.41, 5.74) is 44.2. The van der Waals surface area contributed by atoms with Crippen LogP contribution >= 0.6 is 0 Å². The van der Waals surface area contributed by atoms with Gasteiger partial charge in [-0.2, -0.15) is 0 Å². The zero-order valence-electron chi connectivity index (χ0n) is 82.9. The molecule has 3 aliphatic carbocycles. The van der Waals surface area contributed by atoms with Crippen LogP contribution in [0, 0.1) is 0 Å². The first-order chi connectivity index (χ1) is 71.0. The lowest BCUT2D eigenvalue weighted by Crippen LogP contribution is -2.30. The highest BCUT2D eigenvalue weighted by Crippen LogP contribution is 2.61. The maximum atomic E-state index is 4.65. The molecule has 0 unspecified atom stereocenters. The van der Waals surface area contributed by atoms with Crippen molar-refractivity contribution in [3.63, 3.8) is 0 Å². The van der Waals surface area contributed by atoms with Gasteiger partial charge in [0.1, 0.15) is 0 Å². The summed E-state index contributed by atoms with van der Waals surface area (Å²) in [5.74, 6) is 0. The van der Waals surface area contributed by atoms with Crippen LogP contribution in [0.15, 0.2) is 467 Å². The average molecular weight is 1860 g/mol. The molecular weight excluding hydrogens is 1750 g/mol. The molecular formula is C142H107N3. The van der Waals surface area contributed by atoms with Crippen LogP contribution in [0.1, 0.15) is 112 Å². The molecule has 29 rings (SSSR count). The second-order valence-corrected chi connectivity index (χ2v) is 42.5. The predicted octanol–water partition coefficient (Wildman–Crippen LogP) is 38.5. The SMILES string of the molecule is CC1(C)c2ccccc2-c2ccc(-c3c4ccccc4c(-c4c5ccccc5cc5ccncc45)c4ccc(-c5ccccc5)cc34)cc21.CC1(C)c2ccccc2-c2ccc(-c3c4ccccc4c(N4CCCc5ccccc54)c4ccc(-c5ccccc5)cc34)cc21.CC1(C)c2ccccc2-c2ccc(-c3c4ccccc4c(N4c5ccccc5C(C)(C)c5ccccc54)c4ccc(-c5ccccc5)cc34)cc21. The third kappa shape index (κ3) is 13.7. The van der Waals surface area contributed by atoms with Crippen molar-refractivity contribution in [2.24, 2.45) is 0 Å². The summed E-state index contributed by atoms with van der Waals surface area (Å²) in [6, 6.07) is 170. The van der Waals surface area contributed by atoms with Gasteiger partial charge >= 0.3 is 0 Å². The van der Waals surface area contributed by atoms with Gasteiger partial charge in [0.05, 0.1) is 22.7 Å². The number of aromatic nitrogens is 1. The van der Waals surface area contributed by atoms with E-state index < -0.39 is 0 Å². The summed E-state index contributed by atoms with van der Waals surface area (Å²) in [7, 11) is 0. The van der Waals surface area contributed by atoms with Gasteiger partial charge in [0.15, 0.2) is 0 Å². The number of anilines is 5. The number of benzene rings is 23. The highest BCUT2D eigenvalue weighted by atomic mass is 15.2. The third-order valence-corrected chi connectivity index (χ3v) is 33.1. The van der Waals surface area contributed by atoms with Crippen molar-refractivity contribution >= 4 is 115 Å². The lowest BCUT2D eigenvalue weighted by atomic mass is 9.73. The van der Waals surface area contributed by atoms with Crippen LogP contribution in [0.5, 0.6) is 0 Å². The van der Waals surface area contributed by atoms with E-state index in [9.17, 15) is 0 Å². The number of fused-ring (bicyclic) bond motifs is 20. The fraction of sp³-hybridized carbons (Fsp3) is 0.106. The Kier molecular flexibility index (Phi) is 20.3. The summed E-state index contributed by atoms with van der Waals surface area (Å²) >= 11 is 0. The van der Waals surface area contributed by atoms with E-state index in [1.165, 1.54) is 276 Å². The first-order valence-electron chi connectivity index (χ1n) is 51.5. The molecule has 3 heteroatoms. The Morgan fingerprint density at radius 3 is 0.979 bits per heavy atom. The molecule has 2 aliphatic heterocycles. The molecule has 0 N–H and O–H groups in total. The zero-order valence-corrected chi connectivity index (χ0v) is 82.9. The Bertz CT molecular complexity index is 9380. The minimum Gasteiger partial charge on any atom is -0.340 e. The van der Waals surface area contributed by atoms with E-state index in [0.29, 0.717) is 0 Å². The van der Waals surface area contributed by atoms with Gasteiger partial charge in [0, 0.05) is 78.8 Å². The second kappa shape index (κ2) is 33.8. The Hall–Kier alpha value is -17.1. The van der Waals surface area contributed by atoms with Gasteiger partial charge in [0.2, 0.25) is 0 Å². The molecule has 0 saturated heterocycles. The molecule has 690 valence electrons. The lowest BCUT2D eigenvalue weighted by Gasteiger charge is -2.42. The van der Waals surface area contributed by atoms with Crippen molar-refractivity contribution in [1.29, 1.82) is 0 Å². The summed E-state index contributed by atoms with van der Waals surface area (Å²) in [6.07, 6.45) is 6.23. The molecule has 0 atom stereocenters. The predicted molar refractivity (Wildman–Crippen MR) is 616 cm³/mol. The third-order valence-electron chi connectivity index (χ3n) is 33.1.